The fourth-order valence-corrected chi connectivity index (χ4v) is 1.76. The van der Waals surface area contributed by atoms with Gasteiger partial charge in [0, 0.05) is 30.6 Å². The van der Waals surface area contributed by atoms with Gasteiger partial charge in [-0.1, -0.05) is 19.0 Å². The molecule has 1 aliphatic heterocycles. The summed E-state index contributed by atoms with van der Waals surface area (Å²) in [6.45, 7) is -11.4. The molecule has 1 atom stereocenters. The average molecular weight is 299 g/mol. The predicted octanol–water partition coefficient (Wildman–Crippen LogP) is 2.68. The normalized spacial score (nSPS) is 50.5. The Morgan fingerprint density at radius 2 is 2.42 bits per heavy atom. The van der Waals surface area contributed by atoms with Crippen LogP contribution in [0.25, 0.3) is 0 Å². The molecule has 3 nitrogen and oxygen atoms in total. The maximum atomic E-state index is 12.3. The van der Waals surface area contributed by atoms with Crippen LogP contribution in [0.15, 0.2) is 29.1 Å². The Morgan fingerprint density at radius 3 is 3.11 bits per heavy atom. The van der Waals surface area contributed by atoms with Crippen LogP contribution in [0.5, 0.6) is 0 Å². The van der Waals surface area contributed by atoms with Crippen LogP contribution < -0.4 is 0 Å². The lowest BCUT2D eigenvalue weighted by molar-refractivity contribution is 0.208. The number of piperidine rings is 1. The standard InChI is InChI=1S/C15H23NO2S/c1-3-9-16-10-5-7-14(12-16)13-6-4-8-15(11-13)19(2,17)18/h4,6,8,11,14H,3,5,7,9-10,12H2,1-2H3/t14-/m1/s1/i3D2,4D,5D2,6D,7D2,8D,9D2,10D2,11D,12D2,14D. The second kappa shape index (κ2) is 6.06. The van der Waals surface area contributed by atoms with E-state index in [1.165, 1.54) is 0 Å². The predicted molar refractivity (Wildman–Crippen MR) is 78.3 cm³/mol. The highest BCUT2D eigenvalue weighted by atomic mass is 32.2. The van der Waals surface area contributed by atoms with E-state index in [-0.39, 0.29) is 0 Å². The third-order valence-corrected chi connectivity index (χ3v) is 2.97. The summed E-state index contributed by atoms with van der Waals surface area (Å²) in [6, 6.07) is -5.38. The number of nitrogens with zero attached hydrogens (tertiary/aromatic N) is 1. The van der Waals surface area contributed by atoms with Crippen LogP contribution in [0.1, 0.15) is 60.8 Å². The van der Waals surface area contributed by atoms with E-state index >= 15 is 0 Å². The third-order valence-electron chi connectivity index (χ3n) is 2.03. The molecule has 0 aromatic heterocycles. The largest absolute Gasteiger partial charge is 0.303 e. The second-order valence-electron chi connectivity index (χ2n) is 3.52. The van der Waals surface area contributed by atoms with Gasteiger partial charge in [-0.15, -0.1) is 0 Å². The van der Waals surface area contributed by atoms with E-state index in [2.05, 4.69) is 0 Å². The first-order valence-corrected chi connectivity index (χ1v) is 7.01. The van der Waals surface area contributed by atoms with Crippen LogP contribution in [0.4, 0.5) is 0 Å². The molecule has 1 aromatic carbocycles. The minimum atomic E-state index is -4.60. The Morgan fingerprint density at radius 1 is 1.63 bits per heavy atom. The SMILES string of the molecule is [2H]c1c([2H])c([C@@]2([2H])C([2H])([2H])N(C([2H])([2H])C([2H])([2H])C)C([2H])([2H])C([2H])([2H])C2([2H])[2H])c([2H])c(S(C)(=O)=O)c1[2H]. The first-order chi connectivity index (χ1) is 15.5. The van der Waals surface area contributed by atoms with Gasteiger partial charge in [0.15, 0.2) is 9.84 Å². The molecular weight excluding hydrogens is 258 g/mol. The lowest BCUT2D eigenvalue weighted by atomic mass is 9.90. The Kier molecular flexibility index (Phi) is 1.30. The van der Waals surface area contributed by atoms with E-state index in [0.717, 1.165) is 0 Å². The molecule has 0 radical (unpaired) electrons. The van der Waals surface area contributed by atoms with Gasteiger partial charge in [-0.05, 0) is 55.7 Å². The Balaban J connectivity index is 3.30. The summed E-state index contributed by atoms with van der Waals surface area (Å²) in [4.78, 5) is -1.95. The minimum Gasteiger partial charge on any atom is -0.303 e. The van der Waals surface area contributed by atoms with Crippen LogP contribution in [0.3, 0.4) is 0 Å². The molecule has 1 aromatic rings. The molecule has 1 fully saturated rings. The molecule has 19 heavy (non-hydrogen) atoms. The van der Waals surface area contributed by atoms with E-state index < -0.39 is 93.9 Å². The second-order valence-corrected chi connectivity index (χ2v) is 5.47. The van der Waals surface area contributed by atoms with Crippen molar-refractivity contribution in [1.29, 1.82) is 0 Å². The summed E-state index contributed by atoms with van der Waals surface area (Å²) in [5.41, 5.74) is -1.55. The number of likely N-dealkylation sites (tertiary alicyclic amines) is 1. The van der Waals surface area contributed by atoms with Gasteiger partial charge in [-0.25, -0.2) is 8.42 Å². The quantitative estimate of drug-likeness (QED) is 0.857. The van der Waals surface area contributed by atoms with Gasteiger partial charge < -0.3 is 4.90 Å². The van der Waals surface area contributed by atoms with Crippen LogP contribution >= 0.6 is 0 Å². The molecule has 0 aliphatic carbocycles. The van der Waals surface area contributed by atoms with Crippen molar-refractivity contribution in [2.24, 2.45) is 0 Å². The summed E-state index contributed by atoms with van der Waals surface area (Å²) in [6.07, 6.45) is -10.8. The Labute approximate surface area is 140 Å². The van der Waals surface area contributed by atoms with E-state index in [4.69, 9.17) is 23.3 Å². The zero-order chi connectivity index (χ0) is 29.0. The summed E-state index contributed by atoms with van der Waals surface area (Å²) < 4.78 is 164. The molecule has 2 rings (SSSR count). The molecule has 1 aliphatic rings. The maximum Gasteiger partial charge on any atom is 0.175 e. The van der Waals surface area contributed by atoms with Crippen LogP contribution in [0, 0.1) is 0 Å². The molecule has 0 bridgehead atoms. The summed E-state index contributed by atoms with van der Waals surface area (Å²) in [5.74, 6) is -4.05. The number of hydrogen-bond donors (Lipinski definition) is 0. The zero-order valence-electron chi connectivity index (χ0n) is 27.2. The van der Waals surface area contributed by atoms with Crippen molar-refractivity contribution in [3.63, 3.8) is 0 Å². The molecule has 0 amide bonds. The van der Waals surface area contributed by atoms with Gasteiger partial charge in [-0.3, -0.25) is 0 Å². The monoisotopic (exact) mass is 298 g/mol. The van der Waals surface area contributed by atoms with Gasteiger partial charge in [-0.2, -0.15) is 0 Å². The summed E-state index contributed by atoms with van der Waals surface area (Å²) >= 11 is 0. The van der Waals surface area contributed by atoms with Crippen LogP contribution in [-0.4, -0.2) is 39.1 Å². The van der Waals surface area contributed by atoms with Crippen molar-refractivity contribution in [3.05, 3.63) is 29.7 Å². The Hall–Kier alpha value is -0.870. The van der Waals surface area contributed by atoms with E-state index in [0.29, 0.717) is 13.2 Å². The third kappa shape index (κ3) is 3.80. The lowest BCUT2D eigenvalue weighted by Crippen LogP contribution is -2.34. The van der Waals surface area contributed by atoms with E-state index in [9.17, 15) is 8.42 Å². The smallest absolute Gasteiger partial charge is 0.175 e. The molecule has 1 heterocycles. The molecule has 106 valence electrons. The van der Waals surface area contributed by atoms with Crippen molar-refractivity contribution in [3.8, 4) is 0 Å². The molecular formula is C15H23NO2S. The molecule has 1 saturated heterocycles. The van der Waals surface area contributed by atoms with E-state index in [1.54, 1.807) is 0 Å². The highest BCUT2D eigenvalue weighted by Crippen LogP contribution is 2.28. The van der Waals surface area contributed by atoms with Crippen molar-refractivity contribution in [1.82, 2.24) is 4.90 Å². The molecule has 0 unspecified atom stereocenters. The molecule has 4 heteroatoms. The van der Waals surface area contributed by atoms with Crippen molar-refractivity contribution >= 4 is 9.84 Å². The molecule has 0 saturated carbocycles. The van der Waals surface area contributed by atoms with Crippen molar-refractivity contribution in [2.45, 2.75) is 36.8 Å². The topological polar surface area (TPSA) is 37.4 Å². The van der Waals surface area contributed by atoms with Crippen LogP contribution in [0.2, 0.25) is 0 Å². The summed E-state index contributed by atoms with van der Waals surface area (Å²) in [5, 5.41) is 0. The van der Waals surface area contributed by atoms with Gasteiger partial charge in [0.1, 0.15) is 0 Å². The number of hydrogen-bond acceptors (Lipinski definition) is 3. The zero-order valence-corrected chi connectivity index (χ0v) is 11.0. The average Bonchev–Trinajstić information content (AvgIpc) is 2.62. The van der Waals surface area contributed by atoms with Crippen LogP contribution in [-0.2, 0) is 9.84 Å². The summed E-state index contributed by atoms with van der Waals surface area (Å²) in [7, 11) is -4.60. The van der Waals surface area contributed by atoms with Gasteiger partial charge in [0.25, 0.3) is 0 Å². The lowest BCUT2D eigenvalue weighted by Gasteiger charge is -2.32. The van der Waals surface area contributed by atoms with Gasteiger partial charge in [0.05, 0.1) is 10.4 Å². The molecule has 0 N–H and O–H groups in total. The first-order valence-electron chi connectivity index (χ1n) is 13.6. The fraction of sp³-hybridized carbons (Fsp3) is 0.600. The maximum absolute atomic E-state index is 12.3. The van der Waals surface area contributed by atoms with E-state index in [1.807, 2.05) is 0 Å². The van der Waals surface area contributed by atoms with Gasteiger partial charge in [0.2, 0.25) is 0 Å². The fourth-order valence-electron chi connectivity index (χ4n) is 1.24. The van der Waals surface area contributed by atoms with Crippen molar-refractivity contribution in [2.75, 3.05) is 25.7 Å². The Bertz CT molecular complexity index is 1210. The minimum absolute atomic E-state index is 0.487. The molecule has 0 spiro atoms. The first kappa shape index (κ1) is 4.08. The highest BCUT2D eigenvalue weighted by molar-refractivity contribution is 7.90. The van der Waals surface area contributed by atoms with Crippen molar-refractivity contribution < 1.29 is 31.7 Å². The number of rotatable bonds is 4. The number of sulfone groups is 1. The number of benzene rings is 1. The van der Waals surface area contributed by atoms with Gasteiger partial charge >= 0.3 is 0 Å². The highest BCUT2D eigenvalue weighted by Gasteiger charge is 2.21.